The average molecular weight is 1150 g/mol. The van der Waals surface area contributed by atoms with Crippen molar-refractivity contribution < 1.29 is 33.7 Å². The van der Waals surface area contributed by atoms with Gasteiger partial charge in [-0.1, -0.05) is 150 Å². The van der Waals surface area contributed by atoms with Crippen LogP contribution in [0.1, 0.15) is 88.8 Å². The standard InChI is InChI=1S/C60H84N6O8S4/c1-43(2)57-39-61(40-58(44(3)4)64(76(69,70)54-26-18-48(10)19-27-54)33-32-63(57)75(67,68)53-24-16-47(9)17-25-53)37-51-14-13-15-52(36-51)38-62-41-59(45(5)6)65(77(71,72)55-28-20-49(11)21-29-55)34-35-66(60(42-62)46(7)8)78(73,74)56-30-22-50(12)23-31-56/h13-31,36,43-46,57-60H,32-35,37-42H2,1-12H3/t57-,58-,59-,60-/m1/s1. The molecular weight excluding hydrogens is 1060 g/mol. The molecule has 5 aromatic rings. The van der Waals surface area contributed by atoms with E-state index in [0.29, 0.717) is 39.3 Å². The van der Waals surface area contributed by atoms with E-state index in [9.17, 15) is 33.7 Å². The summed E-state index contributed by atoms with van der Waals surface area (Å²) >= 11 is 0. The highest BCUT2D eigenvalue weighted by Crippen LogP contribution is 2.33. The van der Waals surface area contributed by atoms with Crippen molar-refractivity contribution in [1.29, 1.82) is 0 Å². The highest BCUT2D eigenvalue weighted by atomic mass is 32.2. The van der Waals surface area contributed by atoms with Gasteiger partial charge in [0.2, 0.25) is 40.1 Å². The highest BCUT2D eigenvalue weighted by Gasteiger charge is 2.44. The van der Waals surface area contributed by atoms with Crippen molar-refractivity contribution in [1.82, 2.24) is 27.0 Å². The van der Waals surface area contributed by atoms with Crippen molar-refractivity contribution in [2.24, 2.45) is 23.7 Å². The Hall–Kier alpha value is -4.34. The first kappa shape index (κ1) is 61.3. The molecule has 426 valence electrons. The van der Waals surface area contributed by atoms with Crippen molar-refractivity contribution in [3.63, 3.8) is 0 Å². The smallest absolute Gasteiger partial charge is 0.243 e. The molecule has 0 radical (unpaired) electrons. The Labute approximate surface area is 468 Å². The fourth-order valence-corrected chi connectivity index (χ4v) is 17.9. The summed E-state index contributed by atoms with van der Waals surface area (Å²) in [5.74, 6) is -0.613. The maximum atomic E-state index is 14.9. The van der Waals surface area contributed by atoms with E-state index in [1.54, 1.807) is 97.1 Å². The minimum atomic E-state index is -4.12. The molecule has 5 aromatic carbocycles. The molecule has 0 aromatic heterocycles. The zero-order valence-corrected chi connectivity index (χ0v) is 51.1. The van der Waals surface area contributed by atoms with Gasteiger partial charge in [-0.15, -0.1) is 0 Å². The fourth-order valence-electron chi connectivity index (χ4n) is 11.0. The van der Waals surface area contributed by atoms with Crippen molar-refractivity contribution in [2.75, 3.05) is 52.4 Å². The molecule has 2 aliphatic rings. The number of benzene rings is 5. The van der Waals surface area contributed by atoms with Gasteiger partial charge in [-0.25, -0.2) is 33.7 Å². The first-order valence-corrected chi connectivity index (χ1v) is 33.2. The molecule has 2 fully saturated rings. The Bertz CT molecular complexity index is 2850. The van der Waals surface area contributed by atoms with E-state index >= 15 is 0 Å². The molecule has 14 nitrogen and oxygen atoms in total. The lowest BCUT2D eigenvalue weighted by molar-refractivity contribution is 0.145. The maximum absolute atomic E-state index is 14.9. The predicted octanol–water partition coefficient (Wildman–Crippen LogP) is 9.41. The van der Waals surface area contributed by atoms with E-state index in [0.717, 1.165) is 33.4 Å². The topological polar surface area (TPSA) is 156 Å². The minimum absolute atomic E-state index is 0.0469. The van der Waals surface area contributed by atoms with Gasteiger partial charge >= 0.3 is 0 Å². The van der Waals surface area contributed by atoms with Gasteiger partial charge in [0.25, 0.3) is 0 Å². The van der Waals surface area contributed by atoms with Gasteiger partial charge < -0.3 is 0 Å². The van der Waals surface area contributed by atoms with Crippen LogP contribution in [0.5, 0.6) is 0 Å². The van der Waals surface area contributed by atoms with Crippen LogP contribution in [-0.2, 0) is 53.2 Å². The van der Waals surface area contributed by atoms with Crippen LogP contribution in [0.2, 0.25) is 0 Å². The van der Waals surface area contributed by atoms with Crippen molar-refractivity contribution in [3.05, 3.63) is 155 Å². The summed E-state index contributed by atoms with van der Waals surface area (Å²) in [6.45, 7) is 25.6. The van der Waals surface area contributed by atoms with Crippen molar-refractivity contribution >= 4 is 40.1 Å². The van der Waals surface area contributed by atoms with Crippen LogP contribution < -0.4 is 0 Å². The quantitative estimate of drug-likeness (QED) is 0.0933. The number of sulfonamides is 4. The average Bonchev–Trinajstić information content (AvgIpc) is 3.53. The first-order valence-electron chi connectivity index (χ1n) is 27.5. The molecule has 78 heavy (non-hydrogen) atoms. The van der Waals surface area contributed by atoms with Crippen LogP contribution in [-0.4, -0.2) is 137 Å². The van der Waals surface area contributed by atoms with Gasteiger partial charge in [-0.2, -0.15) is 17.2 Å². The molecule has 2 aliphatic heterocycles. The lowest BCUT2D eigenvalue weighted by Gasteiger charge is -2.38. The second-order valence-corrected chi connectivity index (χ2v) is 30.7. The van der Waals surface area contributed by atoms with Gasteiger partial charge in [0.05, 0.1) is 19.6 Å². The van der Waals surface area contributed by atoms with Crippen LogP contribution >= 0.6 is 0 Å². The van der Waals surface area contributed by atoms with E-state index in [1.165, 1.54) is 17.2 Å². The van der Waals surface area contributed by atoms with Crippen molar-refractivity contribution in [3.8, 4) is 0 Å². The Morgan fingerprint density at radius 3 is 0.744 bits per heavy atom. The Balaban J connectivity index is 1.30. The monoisotopic (exact) mass is 1140 g/mol. The van der Waals surface area contributed by atoms with Gasteiger partial charge in [0.1, 0.15) is 0 Å². The molecule has 0 aliphatic carbocycles. The van der Waals surface area contributed by atoms with Crippen molar-refractivity contribution in [2.45, 2.75) is 140 Å². The van der Waals surface area contributed by atoms with E-state index in [4.69, 9.17) is 0 Å². The van der Waals surface area contributed by atoms with Gasteiger partial charge in [0, 0.05) is 89.6 Å². The zero-order valence-electron chi connectivity index (χ0n) is 47.8. The molecule has 0 bridgehead atoms. The number of aryl methyl sites for hydroxylation is 4. The molecule has 4 atom stereocenters. The lowest BCUT2D eigenvalue weighted by atomic mass is 10.00. The second kappa shape index (κ2) is 25.2. The molecule has 0 spiro atoms. The summed E-state index contributed by atoms with van der Waals surface area (Å²) in [6, 6.07) is 33.3. The number of hydrogen-bond donors (Lipinski definition) is 0. The Kier molecular flexibility index (Phi) is 19.8. The normalized spacial score (nSPS) is 21.3. The van der Waals surface area contributed by atoms with E-state index in [-0.39, 0.29) is 69.4 Å². The minimum Gasteiger partial charge on any atom is -0.296 e. The molecule has 0 saturated carbocycles. The van der Waals surface area contributed by atoms with Crippen LogP contribution in [0.25, 0.3) is 0 Å². The summed E-state index contributed by atoms with van der Waals surface area (Å²) in [6.07, 6.45) is 0. The van der Waals surface area contributed by atoms with Crippen LogP contribution in [0.3, 0.4) is 0 Å². The summed E-state index contributed by atoms with van der Waals surface area (Å²) < 4.78 is 126. The Morgan fingerprint density at radius 1 is 0.346 bits per heavy atom. The third-order valence-electron chi connectivity index (χ3n) is 15.7. The molecule has 0 N–H and O–H groups in total. The third kappa shape index (κ3) is 14.0. The van der Waals surface area contributed by atoms with Gasteiger partial charge in [-0.3, -0.25) is 9.80 Å². The SMILES string of the molecule is Cc1ccc(S(=O)(=O)N2CCN(S(=O)(=O)c3ccc(C)cc3)[C@@H](C(C)C)CN(Cc3cccc(CN4C[C@H](C(C)C)N(S(=O)(=O)c5ccc(C)cc5)CCN(S(=O)(=O)c5ccc(C)cc5)[C@@H](C(C)C)C4)c3)C[C@@H]2C(C)C)cc1. The molecule has 0 amide bonds. The summed E-state index contributed by atoms with van der Waals surface area (Å²) in [5.41, 5.74) is 5.54. The first-order chi connectivity index (χ1) is 36.6. The molecular formula is C60H84N6O8S4. The molecule has 18 heteroatoms. The maximum Gasteiger partial charge on any atom is 0.243 e. The molecule has 0 unspecified atom stereocenters. The van der Waals surface area contributed by atoms with Crippen LogP contribution in [0, 0.1) is 51.4 Å². The number of hydrogen-bond acceptors (Lipinski definition) is 10. The molecule has 2 saturated heterocycles. The Morgan fingerprint density at radius 2 is 0.551 bits per heavy atom. The van der Waals surface area contributed by atoms with Gasteiger partial charge in [-0.05, 0) is 111 Å². The van der Waals surface area contributed by atoms with E-state index in [2.05, 4.69) is 15.9 Å². The largest absolute Gasteiger partial charge is 0.296 e. The molecule has 2 heterocycles. The zero-order chi connectivity index (χ0) is 57.1. The third-order valence-corrected chi connectivity index (χ3v) is 23.5. The summed E-state index contributed by atoms with van der Waals surface area (Å²) in [7, 11) is -16.5. The lowest BCUT2D eigenvalue weighted by Crippen LogP contribution is -2.50. The molecule has 7 rings (SSSR count). The van der Waals surface area contributed by atoms with E-state index in [1.807, 2.05) is 101 Å². The number of nitrogens with zero attached hydrogens (tertiary/aromatic N) is 6. The summed E-state index contributed by atoms with van der Waals surface area (Å²) in [5, 5.41) is 0. The predicted molar refractivity (Wildman–Crippen MR) is 312 cm³/mol. The number of rotatable bonds is 16. The second-order valence-electron chi connectivity index (χ2n) is 23.2. The van der Waals surface area contributed by atoms with Crippen LogP contribution in [0.4, 0.5) is 0 Å². The fraction of sp³-hybridized carbons (Fsp3) is 0.500. The van der Waals surface area contributed by atoms with Gasteiger partial charge in [0.15, 0.2) is 0 Å². The highest BCUT2D eigenvalue weighted by molar-refractivity contribution is 7.90. The van der Waals surface area contributed by atoms with Crippen LogP contribution in [0.15, 0.2) is 141 Å². The summed E-state index contributed by atoms with van der Waals surface area (Å²) in [4.78, 5) is 5.02. The van der Waals surface area contributed by atoms with E-state index < -0.39 is 64.3 Å².